The Kier molecular flexibility index (Phi) is 4.56. The molecule has 3 nitrogen and oxygen atoms in total. The number of anilines is 1. The van der Waals surface area contributed by atoms with E-state index < -0.39 is 0 Å². The molecule has 1 N–H and O–H groups in total. The third-order valence-electron chi connectivity index (χ3n) is 3.99. The van der Waals surface area contributed by atoms with Gasteiger partial charge in [-0.25, -0.2) is 9.97 Å². The Labute approximate surface area is 110 Å². The van der Waals surface area contributed by atoms with E-state index in [1.54, 1.807) is 0 Å². The van der Waals surface area contributed by atoms with Crippen molar-refractivity contribution < 1.29 is 0 Å². The normalized spacial score (nSPS) is 18.6. The van der Waals surface area contributed by atoms with Crippen molar-refractivity contribution in [3.63, 3.8) is 0 Å². The van der Waals surface area contributed by atoms with E-state index in [9.17, 15) is 0 Å². The molecule has 0 saturated heterocycles. The maximum atomic E-state index is 4.49. The summed E-state index contributed by atoms with van der Waals surface area (Å²) in [6.45, 7) is 6.39. The van der Waals surface area contributed by atoms with Crippen LogP contribution in [0.1, 0.15) is 57.5 Å². The van der Waals surface area contributed by atoms with Gasteiger partial charge in [-0.15, -0.1) is 0 Å². The fourth-order valence-electron chi connectivity index (χ4n) is 2.87. The molecule has 1 unspecified atom stereocenters. The Morgan fingerprint density at radius 2 is 2.00 bits per heavy atom. The summed E-state index contributed by atoms with van der Waals surface area (Å²) in [6.07, 6.45) is 7.88. The van der Waals surface area contributed by atoms with Crippen molar-refractivity contribution >= 4 is 5.82 Å². The summed E-state index contributed by atoms with van der Waals surface area (Å²) >= 11 is 0. The summed E-state index contributed by atoms with van der Waals surface area (Å²) in [4.78, 5) is 8.92. The SMILES string of the molecule is CCc1cc(NC(C)C2CCCCC2)nc(C)n1. The molecule has 18 heavy (non-hydrogen) atoms. The summed E-state index contributed by atoms with van der Waals surface area (Å²) in [7, 11) is 0. The fourth-order valence-corrected chi connectivity index (χ4v) is 2.87. The molecular formula is C15H25N3. The van der Waals surface area contributed by atoms with Gasteiger partial charge in [0.25, 0.3) is 0 Å². The summed E-state index contributed by atoms with van der Waals surface area (Å²) < 4.78 is 0. The zero-order valence-electron chi connectivity index (χ0n) is 11.9. The van der Waals surface area contributed by atoms with Gasteiger partial charge in [0.05, 0.1) is 0 Å². The van der Waals surface area contributed by atoms with Crippen LogP contribution in [0.5, 0.6) is 0 Å². The van der Waals surface area contributed by atoms with E-state index in [2.05, 4.69) is 35.2 Å². The molecule has 1 fully saturated rings. The molecule has 1 atom stereocenters. The Balaban J connectivity index is 2.01. The lowest BCUT2D eigenvalue weighted by molar-refractivity contribution is 0.328. The average Bonchev–Trinajstić information content (AvgIpc) is 2.39. The average molecular weight is 247 g/mol. The van der Waals surface area contributed by atoms with Crippen LogP contribution in [-0.4, -0.2) is 16.0 Å². The summed E-state index contributed by atoms with van der Waals surface area (Å²) in [5.41, 5.74) is 1.13. The molecule has 0 aromatic carbocycles. The highest BCUT2D eigenvalue weighted by molar-refractivity contribution is 5.37. The van der Waals surface area contributed by atoms with Gasteiger partial charge in [0.15, 0.2) is 0 Å². The van der Waals surface area contributed by atoms with Gasteiger partial charge >= 0.3 is 0 Å². The fraction of sp³-hybridized carbons (Fsp3) is 0.733. The van der Waals surface area contributed by atoms with E-state index in [0.29, 0.717) is 6.04 Å². The lowest BCUT2D eigenvalue weighted by Crippen LogP contribution is -2.28. The largest absolute Gasteiger partial charge is 0.367 e. The number of nitrogens with one attached hydrogen (secondary N) is 1. The molecule has 1 aromatic rings. The van der Waals surface area contributed by atoms with E-state index in [-0.39, 0.29) is 0 Å². The minimum Gasteiger partial charge on any atom is -0.367 e. The molecule has 1 saturated carbocycles. The van der Waals surface area contributed by atoms with Crippen LogP contribution < -0.4 is 5.32 Å². The lowest BCUT2D eigenvalue weighted by atomic mass is 9.84. The number of hydrogen-bond acceptors (Lipinski definition) is 3. The second-order valence-corrected chi connectivity index (χ2v) is 5.48. The highest BCUT2D eigenvalue weighted by Gasteiger charge is 2.20. The minimum atomic E-state index is 0.518. The Hall–Kier alpha value is -1.12. The van der Waals surface area contributed by atoms with Crippen LogP contribution in [-0.2, 0) is 6.42 Å². The predicted octanol–water partition coefficient (Wildman–Crippen LogP) is 3.73. The quantitative estimate of drug-likeness (QED) is 0.881. The van der Waals surface area contributed by atoms with Crippen LogP contribution >= 0.6 is 0 Å². The van der Waals surface area contributed by atoms with E-state index in [4.69, 9.17) is 0 Å². The van der Waals surface area contributed by atoms with Crippen LogP contribution in [0.15, 0.2) is 6.07 Å². The zero-order chi connectivity index (χ0) is 13.0. The van der Waals surface area contributed by atoms with Crippen molar-refractivity contribution in [3.05, 3.63) is 17.6 Å². The number of rotatable bonds is 4. The first-order valence-corrected chi connectivity index (χ1v) is 7.30. The predicted molar refractivity (Wildman–Crippen MR) is 75.8 cm³/mol. The number of aryl methyl sites for hydroxylation is 2. The third-order valence-corrected chi connectivity index (χ3v) is 3.99. The van der Waals surface area contributed by atoms with Crippen molar-refractivity contribution in [2.24, 2.45) is 5.92 Å². The molecule has 0 bridgehead atoms. The Bertz CT molecular complexity index is 383. The van der Waals surface area contributed by atoms with Crippen molar-refractivity contribution in [1.29, 1.82) is 0 Å². The smallest absolute Gasteiger partial charge is 0.130 e. The number of aromatic nitrogens is 2. The topological polar surface area (TPSA) is 37.8 Å². The molecule has 1 heterocycles. The van der Waals surface area contributed by atoms with Gasteiger partial charge < -0.3 is 5.32 Å². The van der Waals surface area contributed by atoms with Crippen LogP contribution in [0.2, 0.25) is 0 Å². The Morgan fingerprint density at radius 1 is 1.28 bits per heavy atom. The van der Waals surface area contributed by atoms with Gasteiger partial charge in [0.2, 0.25) is 0 Å². The molecule has 1 aromatic heterocycles. The van der Waals surface area contributed by atoms with Crippen molar-refractivity contribution in [1.82, 2.24) is 9.97 Å². The highest BCUT2D eigenvalue weighted by atomic mass is 15.0. The van der Waals surface area contributed by atoms with Crippen molar-refractivity contribution in [2.75, 3.05) is 5.32 Å². The van der Waals surface area contributed by atoms with Gasteiger partial charge in [0, 0.05) is 17.8 Å². The van der Waals surface area contributed by atoms with Gasteiger partial charge in [-0.2, -0.15) is 0 Å². The molecule has 1 aliphatic carbocycles. The highest BCUT2D eigenvalue weighted by Crippen LogP contribution is 2.27. The van der Waals surface area contributed by atoms with Crippen LogP contribution in [0.4, 0.5) is 5.82 Å². The van der Waals surface area contributed by atoms with Gasteiger partial charge in [-0.1, -0.05) is 26.2 Å². The van der Waals surface area contributed by atoms with E-state index in [1.165, 1.54) is 32.1 Å². The standard InChI is InChI=1S/C15H25N3/c1-4-14-10-15(18-12(3)17-14)16-11(2)13-8-6-5-7-9-13/h10-11,13H,4-9H2,1-3H3,(H,16,17,18). The van der Waals surface area contributed by atoms with Crippen LogP contribution in [0.3, 0.4) is 0 Å². The van der Waals surface area contributed by atoms with E-state index in [1.807, 2.05) is 6.92 Å². The summed E-state index contributed by atoms with van der Waals surface area (Å²) in [5, 5.41) is 3.58. The monoisotopic (exact) mass is 247 g/mol. The summed E-state index contributed by atoms with van der Waals surface area (Å²) in [5.74, 6) is 2.67. The molecule has 1 aliphatic rings. The first-order valence-electron chi connectivity index (χ1n) is 7.30. The Morgan fingerprint density at radius 3 is 2.67 bits per heavy atom. The van der Waals surface area contributed by atoms with Gasteiger partial charge in [-0.05, 0) is 39.0 Å². The third kappa shape index (κ3) is 3.44. The second-order valence-electron chi connectivity index (χ2n) is 5.48. The molecule has 0 spiro atoms. The number of hydrogen-bond donors (Lipinski definition) is 1. The van der Waals surface area contributed by atoms with Gasteiger partial charge in [-0.3, -0.25) is 0 Å². The molecule has 3 heteroatoms. The van der Waals surface area contributed by atoms with E-state index in [0.717, 1.165) is 29.7 Å². The van der Waals surface area contributed by atoms with Crippen LogP contribution in [0, 0.1) is 12.8 Å². The second kappa shape index (κ2) is 6.17. The van der Waals surface area contributed by atoms with E-state index >= 15 is 0 Å². The van der Waals surface area contributed by atoms with Gasteiger partial charge in [0.1, 0.15) is 11.6 Å². The number of nitrogens with zero attached hydrogens (tertiary/aromatic N) is 2. The molecule has 2 rings (SSSR count). The molecular weight excluding hydrogens is 222 g/mol. The maximum Gasteiger partial charge on any atom is 0.130 e. The molecule has 100 valence electrons. The first-order chi connectivity index (χ1) is 8.69. The maximum absolute atomic E-state index is 4.49. The molecule has 0 amide bonds. The molecule has 0 radical (unpaired) electrons. The first kappa shape index (κ1) is 13.3. The molecule has 0 aliphatic heterocycles. The zero-order valence-corrected chi connectivity index (χ0v) is 11.9. The summed E-state index contributed by atoms with van der Waals surface area (Å²) in [6, 6.07) is 2.61. The van der Waals surface area contributed by atoms with Crippen LogP contribution in [0.25, 0.3) is 0 Å². The minimum absolute atomic E-state index is 0.518. The van der Waals surface area contributed by atoms with Crippen molar-refractivity contribution in [3.8, 4) is 0 Å². The lowest BCUT2D eigenvalue weighted by Gasteiger charge is -2.28. The van der Waals surface area contributed by atoms with Crippen molar-refractivity contribution in [2.45, 2.75) is 65.3 Å².